The third-order valence-electron chi connectivity index (χ3n) is 1.79. The van der Waals surface area contributed by atoms with Gasteiger partial charge in [0, 0.05) is 6.54 Å². The van der Waals surface area contributed by atoms with Crippen LogP contribution in [0.25, 0.3) is 0 Å². The van der Waals surface area contributed by atoms with Gasteiger partial charge in [-0.2, -0.15) is 5.10 Å². The summed E-state index contributed by atoms with van der Waals surface area (Å²) < 4.78 is 0. The Labute approximate surface area is 73.2 Å². The second-order valence-electron chi connectivity index (χ2n) is 2.92. The van der Waals surface area contributed by atoms with Gasteiger partial charge in [0.1, 0.15) is 5.82 Å². The van der Waals surface area contributed by atoms with Gasteiger partial charge < -0.3 is 5.32 Å². The van der Waals surface area contributed by atoms with Crippen LogP contribution >= 0.6 is 0 Å². The molecule has 0 aromatic carbocycles. The molecule has 0 bridgehead atoms. The van der Waals surface area contributed by atoms with Crippen LogP contribution in [0.1, 0.15) is 24.6 Å². The van der Waals surface area contributed by atoms with Crippen molar-refractivity contribution in [1.82, 2.24) is 10.2 Å². The van der Waals surface area contributed by atoms with Gasteiger partial charge in [-0.3, -0.25) is 0 Å². The molecule has 1 N–H and O–H groups in total. The lowest BCUT2D eigenvalue weighted by Gasteiger charge is -2.04. The summed E-state index contributed by atoms with van der Waals surface area (Å²) in [7, 11) is 0. The number of anilines is 1. The molecule has 66 valence electrons. The van der Waals surface area contributed by atoms with Crippen molar-refractivity contribution in [2.24, 2.45) is 0 Å². The van der Waals surface area contributed by atoms with Crippen molar-refractivity contribution in [3.63, 3.8) is 0 Å². The number of nitrogens with one attached hydrogen (secondary N) is 1. The molecule has 0 aliphatic carbocycles. The molecule has 0 saturated carbocycles. The molecular weight excluding hydrogens is 150 g/mol. The van der Waals surface area contributed by atoms with Gasteiger partial charge in [0.05, 0.1) is 5.69 Å². The van der Waals surface area contributed by atoms with E-state index in [0.717, 1.165) is 24.5 Å². The summed E-state index contributed by atoms with van der Waals surface area (Å²) in [5.41, 5.74) is 2.18. The molecule has 0 saturated heterocycles. The fourth-order valence-electron chi connectivity index (χ4n) is 0.886. The SMILES string of the molecule is CCCNc1cc(C)c(C)nn1. The van der Waals surface area contributed by atoms with Gasteiger partial charge in [-0.15, -0.1) is 5.10 Å². The van der Waals surface area contributed by atoms with Crippen LogP contribution in [0, 0.1) is 13.8 Å². The second-order valence-corrected chi connectivity index (χ2v) is 2.92. The molecule has 3 heteroatoms. The maximum Gasteiger partial charge on any atom is 0.148 e. The molecule has 1 heterocycles. The zero-order valence-electron chi connectivity index (χ0n) is 7.89. The van der Waals surface area contributed by atoms with Crippen LogP contribution in [0.3, 0.4) is 0 Å². The maximum absolute atomic E-state index is 4.02. The molecule has 0 radical (unpaired) electrons. The topological polar surface area (TPSA) is 37.8 Å². The van der Waals surface area contributed by atoms with Crippen LogP contribution in [0.15, 0.2) is 6.07 Å². The van der Waals surface area contributed by atoms with Crippen molar-refractivity contribution in [2.75, 3.05) is 11.9 Å². The average molecular weight is 165 g/mol. The summed E-state index contributed by atoms with van der Waals surface area (Å²) in [5, 5.41) is 11.2. The summed E-state index contributed by atoms with van der Waals surface area (Å²) in [5.74, 6) is 0.875. The minimum absolute atomic E-state index is 0.875. The first kappa shape index (κ1) is 8.97. The third-order valence-corrected chi connectivity index (χ3v) is 1.79. The van der Waals surface area contributed by atoms with Crippen molar-refractivity contribution in [1.29, 1.82) is 0 Å². The van der Waals surface area contributed by atoms with Gasteiger partial charge in [0.25, 0.3) is 0 Å². The van der Waals surface area contributed by atoms with Gasteiger partial charge in [-0.25, -0.2) is 0 Å². The van der Waals surface area contributed by atoms with E-state index in [0.29, 0.717) is 0 Å². The Morgan fingerprint density at radius 2 is 2.08 bits per heavy atom. The average Bonchev–Trinajstić information content (AvgIpc) is 2.07. The van der Waals surface area contributed by atoms with E-state index in [2.05, 4.69) is 22.4 Å². The van der Waals surface area contributed by atoms with Gasteiger partial charge >= 0.3 is 0 Å². The highest BCUT2D eigenvalue weighted by Gasteiger charge is 1.96. The van der Waals surface area contributed by atoms with Crippen molar-refractivity contribution in [3.05, 3.63) is 17.3 Å². The monoisotopic (exact) mass is 165 g/mol. The first-order valence-electron chi connectivity index (χ1n) is 4.29. The summed E-state index contributed by atoms with van der Waals surface area (Å²) in [6.45, 7) is 7.09. The predicted molar refractivity (Wildman–Crippen MR) is 50.3 cm³/mol. The van der Waals surface area contributed by atoms with Crippen molar-refractivity contribution >= 4 is 5.82 Å². The summed E-state index contributed by atoms with van der Waals surface area (Å²) >= 11 is 0. The number of hydrogen-bond acceptors (Lipinski definition) is 3. The van der Waals surface area contributed by atoms with Crippen LogP contribution < -0.4 is 5.32 Å². The fourth-order valence-corrected chi connectivity index (χ4v) is 0.886. The Balaban J connectivity index is 2.69. The standard InChI is InChI=1S/C9H15N3/c1-4-5-10-9-6-7(2)8(3)11-12-9/h6H,4-5H2,1-3H3,(H,10,12). The van der Waals surface area contributed by atoms with Gasteiger partial charge in [-0.05, 0) is 31.9 Å². The fraction of sp³-hybridized carbons (Fsp3) is 0.556. The molecule has 3 nitrogen and oxygen atoms in total. The molecule has 1 rings (SSSR count). The van der Waals surface area contributed by atoms with Gasteiger partial charge in [0.15, 0.2) is 0 Å². The molecule has 0 aliphatic rings. The smallest absolute Gasteiger partial charge is 0.148 e. The van der Waals surface area contributed by atoms with E-state index >= 15 is 0 Å². The van der Waals surface area contributed by atoms with E-state index in [1.165, 1.54) is 5.56 Å². The molecular formula is C9H15N3. The van der Waals surface area contributed by atoms with Crippen LogP contribution in [0.2, 0.25) is 0 Å². The van der Waals surface area contributed by atoms with E-state index in [4.69, 9.17) is 0 Å². The number of aryl methyl sites for hydroxylation is 2. The molecule has 0 fully saturated rings. The molecule has 0 aliphatic heterocycles. The van der Waals surface area contributed by atoms with Crippen molar-refractivity contribution in [2.45, 2.75) is 27.2 Å². The third kappa shape index (κ3) is 2.19. The maximum atomic E-state index is 4.02. The molecule has 0 unspecified atom stereocenters. The van der Waals surface area contributed by atoms with Crippen LogP contribution in [-0.4, -0.2) is 16.7 Å². The Morgan fingerprint density at radius 1 is 1.33 bits per heavy atom. The second kappa shape index (κ2) is 4.04. The van der Waals surface area contributed by atoms with E-state index in [9.17, 15) is 0 Å². The lowest BCUT2D eigenvalue weighted by atomic mass is 10.2. The quantitative estimate of drug-likeness (QED) is 0.743. The molecule has 0 spiro atoms. The number of nitrogens with zero attached hydrogens (tertiary/aromatic N) is 2. The zero-order chi connectivity index (χ0) is 8.97. The molecule has 1 aromatic rings. The van der Waals surface area contributed by atoms with E-state index < -0.39 is 0 Å². The van der Waals surface area contributed by atoms with Crippen molar-refractivity contribution in [3.8, 4) is 0 Å². The Hall–Kier alpha value is -1.12. The largest absolute Gasteiger partial charge is 0.369 e. The van der Waals surface area contributed by atoms with Crippen LogP contribution in [0.4, 0.5) is 5.82 Å². The van der Waals surface area contributed by atoms with Crippen molar-refractivity contribution < 1.29 is 0 Å². The van der Waals surface area contributed by atoms with Crippen LogP contribution in [-0.2, 0) is 0 Å². The zero-order valence-corrected chi connectivity index (χ0v) is 7.89. The van der Waals surface area contributed by atoms with E-state index in [1.54, 1.807) is 0 Å². The predicted octanol–water partition coefficient (Wildman–Crippen LogP) is 1.92. The lowest BCUT2D eigenvalue weighted by Crippen LogP contribution is -2.04. The van der Waals surface area contributed by atoms with E-state index in [1.807, 2.05) is 19.9 Å². The highest BCUT2D eigenvalue weighted by molar-refractivity contribution is 5.36. The summed E-state index contributed by atoms with van der Waals surface area (Å²) in [6, 6.07) is 2.03. The Kier molecular flexibility index (Phi) is 3.02. The molecule has 0 amide bonds. The van der Waals surface area contributed by atoms with E-state index in [-0.39, 0.29) is 0 Å². The summed E-state index contributed by atoms with van der Waals surface area (Å²) in [4.78, 5) is 0. The Morgan fingerprint density at radius 3 is 2.67 bits per heavy atom. The molecule has 1 aromatic heterocycles. The minimum atomic E-state index is 0.875. The summed E-state index contributed by atoms with van der Waals surface area (Å²) in [6.07, 6.45) is 1.11. The van der Waals surface area contributed by atoms with Gasteiger partial charge in [-0.1, -0.05) is 6.92 Å². The first-order chi connectivity index (χ1) is 5.74. The normalized spacial score (nSPS) is 9.92. The highest BCUT2D eigenvalue weighted by Crippen LogP contribution is 2.07. The molecule has 12 heavy (non-hydrogen) atoms. The lowest BCUT2D eigenvalue weighted by molar-refractivity contribution is 0.920. The number of hydrogen-bond donors (Lipinski definition) is 1. The highest BCUT2D eigenvalue weighted by atomic mass is 15.2. The van der Waals surface area contributed by atoms with Crippen LogP contribution in [0.5, 0.6) is 0 Å². The minimum Gasteiger partial charge on any atom is -0.369 e. The Bertz CT molecular complexity index is 258. The number of rotatable bonds is 3. The van der Waals surface area contributed by atoms with Gasteiger partial charge in [0.2, 0.25) is 0 Å². The molecule has 0 atom stereocenters. The number of aromatic nitrogens is 2. The first-order valence-corrected chi connectivity index (χ1v) is 4.29.